The largest absolute Gasteiger partial charge is 0.454 e. The van der Waals surface area contributed by atoms with E-state index in [0.717, 1.165) is 11.3 Å². The molecule has 3 aliphatic heterocycles. The predicted octanol–water partition coefficient (Wildman–Crippen LogP) is 0.659. The Labute approximate surface area is 126 Å². The fourth-order valence-corrected chi connectivity index (χ4v) is 4.00. The summed E-state index contributed by atoms with van der Waals surface area (Å²) >= 11 is 1.63. The molecule has 1 aromatic rings. The molecule has 0 saturated carbocycles. The minimum absolute atomic E-state index is 0.0327. The second-order valence-corrected chi connectivity index (χ2v) is 6.26. The summed E-state index contributed by atoms with van der Waals surface area (Å²) in [7, 11) is 0. The Bertz CT molecular complexity index is 621. The minimum Gasteiger partial charge on any atom is -0.454 e. The van der Waals surface area contributed by atoms with Crippen molar-refractivity contribution < 1.29 is 19.1 Å². The summed E-state index contributed by atoms with van der Waals surface area (Å²) in [6, 6.07) is 5.33. The third-order valence-corrected chi connectivity index (χ3v) is 4.95. The summed E-state index contributed by atoms with van der Waals surface area (Å²) < 4.78 is 10.6. The highest BCUT2D eigenvalue weighted by molar-refractivity contribution is 7.99. The number of hydrogen-bond donors (Lipinski definition) is 0. The van der Waals surface area contributed by atoms with E-state index < -0.39 is 0 Å². The number of carbonyl (C=O) groups is 2. The van der Waals surface area contributed by atoms with E-state index in [9.17, 15) is 9.59 Å². The standard InChI is InChI=1S/C14H14N2O4S/c17-13-5-15(14(18)10-6-21-7-16(10)13)4-9-1-2-11-12(3-9)20-8-19-11/h1-3,10H,4-8H2. The number of ether oxygens (including phenoxy) is 2. The van der Waals surface area contributed by atoms with Crippen molar-refractivity contribution >= 4 is 23.6 Å². The number of amides is 2. The molecule has 1 atom stereocenters. The van der Waals surface area contributed by atoms with Crippen molar-refractivity contribution in [3.05, 3.63) is 23.8 Å². The van der Waals surface area contributed by atoms with E-state index in [-0.39, 0.29) is 31.2 Å². The van der Waals surface area contributed by atoms with Crippen LogP contribution >= 0.6 is 11.8 Å². The number of rotatable bonds is 2. The number of piperazine rings is 1. The van der Waals surface area contributed by atoms with Crippen molar-refractivity contribution in [1.82, 2.24) is 9.80 Å². The molecule has 2 amide bonds. The van der Waals surface area contributed by atoms with Crippen LogP contribution in [0, 0.1) is 0 Å². The van der Waals surface area contributed by atoms with Crippen molar-refractivity contribution in [3.63, 3.8) is 0 Å². The Balaban J connectivity index is 1.54. The van der Waals surface area contributed by atoms with Crippen molar-refractivity contribution in [2.24, 2.45) is 0 Å². The smallest absolute Gasteiger partial charge is 0.247 e. The Hall–Kier alpha value is -1.89. The normalized spacial score (nSPS) is 23.7. The van der Waals surface area contributed by atoms with E-state index >= 15 is 0 Å². The molecule has 3 aliphatic rings. The van der Waals surface area contributed by atoms with Crippen LogP contribution in [0.15, 0.2) is 18.2 Å². The first kappa shape index (κ1) is 12.8. The van der Waals surface area contributed by atoms with Crippen molar-refractivity contribution in [2.75, 3.05) is 25.0 Å². The van der Waals surface area contributed by atoms with Gasteiger partial charge in [-0.2, -0.15) is 0 Å². The average Bonchev–Trinajstić information content (AvgIpc) is 3.13. The number of nitrogens with zero attached hydrogens (tertiary/aromatic N) is 2. The van der Waals surface area contributed by atoms with Gasteiger partial charge in [0.2, 0.25) is 18.6 Å². The first-order chi connectivity index (χ1) is 10.2. The quantitative estimate of drug-likeness (QED) is 0.803. The fourth-order valence-electron chi connectivity index (χ4n) is 2.83. The molecule has 1 unspecified atom stereocenters. The zero-order valence-corrected chi connectivity index (χ0v) is 12.1. The monoisotopic (exact) mass is 306 g/mol. The second-order valence-electron chi connectivity index (χ2n) is 5.26. The molecule has 110 valence electrons. The van der Waals surface area contributed by atoms with E-state index in [1.807, 2.05) is 18.2 Å². The van der Waals surface area contributed by atoms with Gasteiger partial charge in [0.25, 0.3) is 0 Å². The highest BCUT2D eigenvalue weighted by atomic mass is 32.2. The molecule has 0 aromatic heterocycles. The van der Waals surface area contributed by atoms with Gasteiger partial charge in [0.05, 0.1) is 5.88 Å². The van der Waals surface area contributed by atoms with E-state index in [4.69, 9.17) is 9.47 Å². The van der Waals surface area contributed by atoms with E-state index in [2.05, 4.69) is 0 Å². The van der Waals surface area contributed by atoms with Crippen LogP contribution in [0.4, 0.5) is 0 Å². The molecule has 2 saturated heterocycles. The number of thioether (sulfide) groups is 1. The molecule has 0 radical (unpaired) electrons. The van der Waals surface area contributed by atoms with Crippen LogP contribution in [-0.2, 0) is 16.1 Å². The predicted molar refractivity (Wildman–Crippen MR) is 75.9 cm³/mol. The van der Waals surface area contributed by atoms with Crippen molar-refractivity contribution in [3.8, 4) is 11.5 Å². The van der Waals surface area contributed by atoms with Gasteiger partial charge in [-0.25, -0.2) is 0 Å². The molecule has 0 spiro atoms. The molecule has 2 fully saturated rings. The summed E-state index contributed by atoms with van der Waals surface area (Å²) in [6.45, 7) is 0.814. The Morgan fingerprint density at radius 3 is 3.00 bits per heavy atom. The molecular formula is C14H14N2O4S. The maximum Gasteiger partial charge on any atom is 0.247 e. The van der Waals surface area contributed by atoms with Crippen LogP contribution in [0.5, 0.6) is 11.5 Å². The van der Waals surface area contributed by atoms with Crippen molar-refractivity contribution in [2.45, 2.75) is 12.6 Å². The second kappa shape index (κ2) is 4.84. The lowest BCUT2D eigenvalue weighted by Crippen LogP contribution is -2.57. The third kappa shape index (κ3) is 2.12. The SMILES string of the molecule is O=C1C2CSCN2C(=O)CN1Cc1ccc2c(c1)OCO2. The highest BCUT2D eigenvalue weighted by Crippen LogP contribution is 2.33. The van der Waals surface area contributed by atoms with Crippen molar-refractivity contribution in [1.29, 1.82) is 0 Å². The maximum absolute atomic E-state index is 12.5. The summed E-state index contributed by atoms with van der Waals surface area (Å²) in [5.74, 6) is 2.82. The lowest BCUT2D eigenvalue weighted by molar-refractivity contribution is -0.153. The van der Waals surface area contributed by atoms with Gasteiger partial charge in [0.15, 0.2) is 11.5 Å². The van der Waals surface area contributed by atoms with Gasteiger partial charge < -0.3 is 19.3 Å². The number of benzene rings is 1. The van der Waals surface area contributed by atoms with Gasteiger partial charge in [0.1, 0.15) is 12.6 Å². The van der Waals surface area contributed by atoms with Gasteiger partial charge in [-0.1, -0.05) is 6.07 Å². The Morgan fingerprint density at radius 2 is 2.10 bits per heavy atom. The van der Waals surface area contributed by atoms with Gasteiger partial charge >= 0.3 is 0 Å². The van der Waals surface area contributed by atoms with Crippen LogP contribution in [0.25, 0.3) is 0 Å². The van der Waals surface area contributed by atoms with Gasteiger partial charge in [-0.15, -0.1) is 11.8 Å². The summed E-state index contributed by atoms with van der Waals surface area (Å²) in [5.41, 5.74) is 0.944. The molecular weight excluding hydrogens is 292 g/mol. The lowest BCUT2D eigenvalue weighted by atomic mass is 10.1. The molecule has 7 heteroatoms. The lowest BCUT2D eigenvalue weighted by Gasteiger charge is -2.35. The molecule has 3 heterocycles. The molecule has 1 aromatic carbocycles. The van der Waals surface area contributed by atoms with E-state index in [1.54, 1.807) is 21.6 Å². The maximum atomic E-state index is 12.5. The molecule has 21 heavy (non-hydrogen) atoms. The topological polar surface area (TPSA) is 59.1 Å². The van der Waals surface area contributed by atoms with Gasteiger partial charge in [0, 0.05) is 12.3 Å². The molecule has 6 nitrogen and oxygen atoms in total. The molecule has 0 N–H and O–H groups in total. The third-order valence-electron chi connectivity index (χ3n) is 3.94. The number of hydrogen-bond acceptors (Lipinski definition) is 5. The van der Waals surface area contributed by atoms with Crippen LogP contribution in [-0.4, -0.2) is 52.6 Å². The van der Waals surface area contributed by atoms with E-state index in [1.165, 1.54) is 0 Å². The first-order valence-corrected chi connectivity index (χ1v) is 7.92. The zero-order valence-electron chi connectivity index (χ0n) is 11.3. The van der Waals surface area contributed by atoms with E-state index in [0.29, 0.717) is 23.9 Å². The fraction of sp³-hybridized carbons (Fsp3) is 0.429. The summed E-state index contributed by atoms with van der Waals surface area (Å²) in [5, 5.41) is 0. The molecule has 0 aliphatic carbocycles. The number of carbonyl (C=O) groups excluding carboxylic acids is 2. The van der Waals surface area contributed by atoms with Gasteiger partial charge in [-0.05, 0) is 17.7 Å². The van der Waals surface area contributed by atoms with Gasteiger partial charge in [-0.3, -0.25) is 9.59 Å². The van der Waals surface area contributed by atoms with Crippen LogP contribution in [0.3, 0.4) is 0 Å². The highest BCUT2D eigenvalue weighted by Gasteiger charge is 2.42. The average molecular weight is 306 g/mol. The number of fused-ring (bicyclic) bond motifs is 2. The van der Waals surface area contributed by atoms with Crippen LogP contribution in [0.2, 0.25) is 0 Å². The minimum atomic E-state index is -0.287. The summed E-state index contributed by atoms with van der Waals surface area (Å²) in [4.78, 5) is 27.9. The molecule has 4 rings (SSSR count). The molecule has 0 bridgehead atoms. The first-order valence-electron chi connectivity index (χ1n) is 6.77. The summed E-state index contributed by atoms with van der Waals surface area (Å²) in [6.07, 6.45) is 0. The zero-order chi connectivity index (χ0) is 14.4. The van der Waals surface area contributed by atoms with Crippen LogP contribution in [0.1, 0.15) is 5.56 Å². The Kier molecular flexibility index (Phi) is 2.95. The van der Waals surface area contributed by atoms with Crippen LogP contribution < -0.4 is 9.47 Å². The Morgan fingerprint density at radius 1 is 1.24 bits per heavy atom.